The quantitative estimate of drug-likeness (QED) is 0.277. The number of carbonyl (C=O) groups excluding carboxylic acids is 2. The Morgan fingerprint density at radius 3 is 2.38 bits per heavy atom. The number of fused-ring (bicyclic) bond motifs is 1. The first-order valence-electron chi connectivity index (χ1n) is 12.4. The minimum absolute atomic E-state index is 0.0659. The van der Waals surface area contributed by atoms with E-state index in [9.17, 15) is 18.8 Å². The number of hydrogen-bond donors (Lipinski definition) is 0. The molecule has 0 saturated carbocycles. The summed E-state index contributed by atoms with van der Waals surface area (Å²) >= 11 is 0. The minimum Gasteiger partial charge on any atom is -0.492 e. The van der Waals surface area contributed by atoms with Crippen molar-refractivity contribution < 1.29 is 28.2 Å². The molecule has 1 amide bonds. The van der Waals surface area contributed by atoms with Gasteiger partial charge in [0.05, 0.1) is 24.1 Å². The number of halogens is 1. The van der Waals surface area contributed by atoms with E-state index in [1.807, 2.05) is 12.1 Å². The van der Waals surface area contributed by atoms with E-state index in [-0.39, 0.29) is 37.6 Å². The smallest absolute Gasteiger partial charge is 0.416 e. The predicted octanol–water partition coefficient (Wildman–Crippen LogP) is 4.49. The minimum atomic E-state index is -0.778. The molecule has 0 aliphatic carbocycles. The summed E-state index contributed by atoms with van der Waals surface area (Å²) in [6, 6.07) is 19.2. The molecule has 0 fully saturated rings. The third-order valence-corrected chi connectivity index (χ3v) is 5.84. The molecule has 0 bridgehead atoms. The number of nitrogens with zero attached hydrogens (tertiary/aromatic N) is 3. The van der Waals surface area contributed by atoms with Gasteiger partial charge in [0.15, 0.2) is 0 Å². The van der Waals surface area contributed by atoms with Gasteiger partial charge in [-0.15, -0.1) is 0 Å². The molecular weight excluding hydrogens is 505 g/mol. The van der Waals surface area contributed by atoms with Crippen molar-refractivity contribution in [2.45, 2.75) is 26.9 Å². The summed E-state index contributed by atoms with van der Waals surface area (Å²) in [6.07, 6.45) is -0.778. The molecular formula is C29H28FN3O6. The van der Waals surface area contributed by atoms with Gasteiger partial charge in [0, 0.05) is 6.54 Å². The highest BCUT2D eigenvalue weighted by atomic mass is 19.1. The molecule has 0 unspecified atom stereocenters. The molecule has 4 aromatic rings. The third-order valence-electron chi connectivity index (χ3n) is 5.84. The first-order chi connectivity index (χ1) is 18.8. The van der Waals surface area contributed by atoms with Crippen molar-refractivity contribution >= 4 is 23.0 Å². The summed E-state index contributed by atoms with van der Waals surface area (Å²) in [5.41, 5.74) is 1.26. The fourth-order valence-corrected chi connectivity index (χ4v) is 3.92. The Morgan fingerprint density at radius 2 is 1.67 bits per heavy atom. The molecule has 4 rings (SSSR count). The van der Waals surface area contributed by atoms with Gasteiger partial charge >= 0.3 is 12.1 Å². The van der Waals surface area contributed by atoms with Crippen molar-refractivity contribution in [3.05, 3.63) is 100 Å². The summed E-state index contributed by atoms with van der Waals surface area (Å²) in [7, 11) is 0. The van der Waals surface area contributed by atoms with Crippen LogP contribution in [0.1, 0.15) is 18.3 Å². The van der Waals surface area contributed by atoms with Gasteiger partial charge < -0.3 is 14.2 Å². The zero-order valence-corrected chi connectivity index (χ0v) is 21.6. The highest BCUT2D eigenvalue weighted by Crippen LogP contribution is 2.17. The number of aromatic nitrogens is 2. The Labute approximate surface area is 224 Å². The van der Waals surface area contributed by atoms with Gasteiger partial charge in [-0.25, -0.2) is 14.2 Å². The van der Waals surface area contributed by atoms with E-state index in [0.29, 0.717) is 34.6 Å². The molecule has 202 valence electrons. The van der Waals surface area contributed by atoms with E-state index in [1.165, 1.54) is 29.2 Å². The molecule has 9 nitrogen and oxygen atoms in total. The van der Waals surface area contributed by atoms with E-state index < -0.39 is 17.9 Å². The van der Waals surface area contributed by atoms with Gasteiger partial charge in [-0.3, -0.25) is 19.1 Å². The van der Waals surface area contributed by atoms with Crippen LogP contribution in [0.4, 0.5) is 9.18 Å². The zero-order chi connectivity index (χ0) is 27.8. The van der Waals surface area contributed by atoms with E-state index >= 15 is 0 Å². The highest BCUT2D eigenvalue weighted by molar-refractivity contribution is 5.79. The maximum atomic E-state index is 13.2. The monoisotopic (exact) mass is 533 g/mol. The van der Waals surface area contributed by atoms with Crippen LogP contribution < -0.4 is 15.0 Å². The average molecular weight is 534 g/mol. The van der Waals surface area contributed by atoms with E-state index in [2.05, 4.69) is 4.98 Å². The van der Waals surface area contributed by atoms with Gasteiger partial charge in [-0.1, -0.05) is 24.3 Å². The first kappa shape index (κ1) is 27.3. The maximum absolute atomic E-state index is 13.2. The Balaban J connectivity index is 1.38. The van der Waals surface area contributed by atoms with Crippen LogP contribution >= 0.6 is 0 Å². The van der Waals surface area contributed by atoms with Crippen molar-refractivity contribution in [1.82, 2.24) is 14.5 Å². The molecule has 0 N–H and O–H groups in total. The van der Waals surface area contributed by atoms with Crippen molar-refractivity contribution in [1.29, 1.82) is 0 Å². The van der Waals surface area contributed by atoms with Gasteiger partial charge in [-0.05, 0) is 67.9 Å². The number of ether oxygens (including phenoxy) is 3. The molecule has 39 heavy (non-hydrogen) atoms. The van der Waals surface area contributed by atoms with Crippen LogP contribution in [-0.2, 0) is 22.6 Å². The van der Waals surface area contributed by atoms with Crippen molar-refractivity contribution in [3.63, 3.8) is 0 Å². The summed E-state index contributed by atoms with van der Waals surface area (Å²) in [6.45, 7) is 3.95. The number of benzene rings is 3. The van der Waals surface area contributed by atoms with Crippen molar-refractivity contribution in [3.8, 4) is 11.5 Å². The maximum Gasteiger partial charge on any atom is 0.416 e. The lowest BCUT2D eigenvalue weighted by Crippen LogP contribution is -2.38. The number of hydrogen-bond acceptors (Lipinski definition) is 7. The number of para-hydroxylation sites is 1. The van der Waals surface area contributed by atoms with Gasteiger partial charge in [0.2, 0.25) is 0 Å². The fourth-order valence-electron chi connectivity index (χ4n) is 3.92. The Bertz CT molecular complexity index is 1500. The van der Waals surface area contributed by atoms with Crippen LogP contribution in [0.2, 0.25) is 0 Å². The molecule has 3 aromatic carbocycles. The second kappa shape index (κ2) is 12.7. The second-order valence-corrected chi connectivity index (χ2v) is 8.61. The van der Waals surface area contributed by atoms with Crippen LogP contribution in [-0.4, -0.2) is 46.3 Å². The largest absolute Gasteiger partial charge is 0.492 e. The molecule has 0 atom stereocenters. The summed E-state index contributed by atoms with van der Waals surface area (Å²) in [5.74, 6) is 0.282. The SMILES string of the molecule is CCOC(=O)CN(Cc1ccc(OCCn2c(C)nc3ccccc3c2=O)cc1)C(=O)Oc1ccc(F)cc1. The molecule has 0 spiro atoms. The van der Waals surface area contributed by atoms with E-state index in [0.717, 1.165) is 0 Å². The molecule has 1 aromatic heterocycles. The molecule has 0 aliphatic rings. The second-order valence-electron chi connectivity index (χ2n) is 8.61. The first-order valence-corrected chi connectivity index (χ1v) is 12.4. The van der Waals surface area contributed by atoms with Crippen LogP contribution in [0, 0.1) is 12.7 Å². The Hall–Kier alpha value is -4.73. The van der Waals surface area contributed by atoms with E-state index in [4.69, 9.17) is 14.2 Å². The number of esters is 1. The Morgan fingerprint density at radius 1 is 0.974 bits per heavy atom. The average Bonchev–Trinajstić information content (AvgIpc) is 2.92. The zero-order valence-electron chi connectivity index (χ0n) is 21.6. The number of carbonyl (C=O) groups is 2. The molecule has 10 heteroatoms. The van der Waals surface area contributed by atoms with Crippen LogP contribution in [0.25, 0.3) is 10.9 Å². The van der Waals surface area contributed by atoms with Gasteiger partial charge in [0.25, 0.3) is 5.56 Å². The number of amides is 1. The van der Waals surface area contributed by atoms with Crippen LogP contribution in [0.5, 0.6) is 11.5 Å². The predicted molar refractivity (Wildman–Crippen MR) is 142 cm³/mol. The molecule has 1 heterocycles. The van der Waals surface area contributed by atoms with Gasteiger partial charge in [0.1, 0.15) is 36.3 Å². The third kappa shape index (κ3) is 7.19. The fraction of sp³-hybridized carbons (Fsp3) is 0.241. The molecule has 0 saturated heterocycles. The summed E-state index contributed by atoms with van der Waals surface area (Å²) in [5, 5.41) is 0.554. The van der Waals surface area contributed by atoms with Crippen molar-refractivity contribution in [2.75, 3.05) is 19.8 Å². The molecule has 0 radical (unpaired) electrons. The lowest BCUT2D eigenvalue weighted by atomic mass is 10.2. The Kier molecular flexibility index (Phi) is 8.88. The topological polar surface area (TPSA) is 100.0 Å². The summed E-state index contributed by atoms with van der Waals surface area (Å²) in [4.78, 5) is 43.4. The number of rotatable bonds is 10. The lowest BCUT2D eigenvalue weighted by molar-refractivity contribution is -0.144. The standard InChI is InChI=1S/C29H28FN3O6/c1-3-37-27(34)19-32(29(36)39-24-14-10-22(30)11-15-24)18-21-8-12-23(13-9-21)38-17-16-33-20(2)31-26-7-5-4-6-25(26)28(33)35/h4-15H,3,16-19H2,1-2H3. The summed E-state index contributed by atoms with van der Waals surface area (Å²) < 4.78 is 30.9. The van der Waals surface area contributed by atoms with Crippen molar-refractivity contribution in [2.24, 2.45) is 0 Å². The highest BCUT2D eigenvalue weighted by Gasteiger charge is 2.21. The lowest BCUT2D eigenvalue weighted by Gasteiger charge is -2.21. The normalized spacial score (nSPS) is 10.7. The van der Waals surface area contributed by atoms with E-state index in [1.54, 1.807) is 54.8 Å². The molecule has 0 aliphatic heterocycles. The van der Waals surface area contributed by atoms with Crippen LogP contribution in [0.3, 0.4) is 0 Å². The number of aryl methyl sites for hydroxylation is 1. The van der Waals surface area contributed by atoms with Gasteiger partial charge in [-0.2, -0.15) is 0 Å². The van der Waals surface area contributed by atoms with Crippen LogP contribution in [0.15, 0.2) is 77.6 Å².